The second-order valence-electron chi connectivity index (χ2n) is 1.94. The lowest BCUT2D eigenvalue weighted by atomic mass is 10.2. The highest BCUT2D eigenvalue weighted by atomic mass is 19.1. The molecule has 1 nitrogen and oxygen atoms in total. The zero-order valence-corrected chi connectivity index (χ0v) is 5.37. The molecular weight excluding hydrogens is 105 g/mol. The molecule has 0 aliphatic rings. The monoisotopic (exact) mass is 117 g/mol. The highest BCUT2D eigenvalue weighted by Crippen LogP contribution is 1.98. The van der Waals surface area contributed by atoms with Gasteiger partial charge in [-0.1, -0.05) is 6.92 Å². The van der Waals surface area contributed by atoms with Crippen molar-refractivity contribution in [3.8, 4) is 0 Å². The van der Waals surface area contributed by atoms with Gasteiger partial charge in [-0.15, -0.1) is 0 Å². The Morgan fingerprint density at radius 3 is 2.38 bits per heavy atom. The largest absolute Gasteiger partial charge is 0.310 e. The molecule has 0 aromatic heterocycles. The maximum Gasteiger partial charge on any atom is 0.102 e. The second-order valence-corrected chi connectivity index (χ2v) is 1.94. The Kier molecular flexibility index (Phi) is 3.40. The molecule has 0 spiro atoms. The Balaban J connectivity index is 3.25. The first kappa shape index (κ1) is 7.60. The molecule has 0 aromatic carbocycles. The van der Waals surface area contributed by atoms with Crippen molar-refractivity contribution in [3.63, 3.8) is 0 Å². The van der Waals surface area contributed by atoms with Gasteiger partial charge < -0.3 is 5.41 Å². The molecule has 1 N–H and O–H groups in total. The van der Waals surface area contributed by atoms with E-state index in [9.17, 15) is 4.39 Å². The molecule has 0 fully saturated rings. The molecule has 0 aromatic rings. The molecule has 0 radical (unpaired) electrons. The second kappa shape index (κ2) is 3.58. The highest BCUT2D eigenvalue weighted by molar-refractivity contribution is 5.81. The van der Waals surface area contributed by atoms with E-state index in [1.54, 1.807) is 0 Å². The molecule has 0 bridgehead atoms. The van der Waals surface area contributed by atoms with Gasteiger partial charge in [-0.3, -0.25) is 0 Å². The van der Waals surface area contributed by atoms with Crippen LogP contribution in [0.25, 0.3) is 0 Å². The van der Waals surface area contributed by atoms with Crippen LogP contribution in [0, 0.1) is 5.41 Å². The summed E-state index contributed by atoms with van der Waals surface area (Å²) >= 11 is 0. The Morgan fingerprint density at radius 1 is 1.75 bits per heavy atom. The van der Waals surface area contributed by atoms with E-state index < -0.39 is 6.17 Å². The lowest BCUT2D eigenvalue weighted by Crippen LogP contribution is -2.02. The van der Waals surface area contributed by atoms with Crippen LogP contribution < -0.4 is 0 Å². The van der Waals surface area contributed by atoms with Crippen molar-refractivity contribution in [2.45, 2.75) is 32.9 Å². The van der Waals surface area contributed by atoms with Gasteiger partial charge in [0.05, 0.1) is 0 Å². The van der Waals surface area contributed by atoms with Crippen LogP contribution in [0.15, 0.2) is 0 Å². The van der Waals surface area contributed by atoms with Crippen molar-refractivity contribution >= 4 is 5.71 Å². The summed E-state index contributed by atoms with van der Waals surface area (Å²) in [6.07, 6.45) is 0.132. The summed E-state index contributed by atoms with van der Waals surface area (Å²) in [7, 11) is 0. The SMILES string of the molecule is CCC(=N)C[C@@H](C)F. The quantitative estimate of drug-likeness (QED) is 0.548. The van der Waals surface area contributed by atoms with Crippen molar-refractivity contribution in [2.24, 2.45) is 0 Å². The van der Waals surface area contributed by atoms with E-state index in [0.717, 1.165) is 0 Å². The molecule has 1 atom stereocenters. The van der Waals surface area contributed by atoms with Crippen molar-refractivity contribution in [2.75, 3.05) is 0 Å². The van der Waals surface area contributed by atoms with Crippen LogP contribution in [0.2, 0.25) is 0 Å². The van der Waals surface area contributed by atoms with Gasteiger partial charge in [-0.25, -0.2) is 4.39 Å². The maximum absolute atomic E-state index is 12.0. The minimum Gasteiger partial charge on any atom is -0.310 e. The Hall–Kier alpha value is -0.400. The zero-order valence-electron chi connectivity index (χ0n) is 5.37. The molecule has 0 heterocycles. The lowest BCUT2D eigenvalue weighted by molar-refractivity contribution is 0.371. The fraction of sp³-hybridized carbons (Fsp3) is 0.833. The molecule has 0 rings (SSSR count). The first-order valence-corrected chi connectivity index (χ1v) is 2.87. The van der Waals surface area contributed by atoms with Gasteiger partial charge in [-0.05, 0) is 13.3 Å². The molecule has 0 aliphatic carbocycles. The van der Waals surface area contributed by atoms with Crippen molar-refractivity contribution < 1.29 is 4.39 Å². The molecule has 0 aliphatic heterocycles. The first-order chi connectivity index (χ1) is 3.66. The summed E-state index contributed by atoms with van der Waals surface area (Å²) in [5.74, 6) is 0. The van der Waals surface area contributed by atoms with Crippen LogP contribution in [0.5, 0.6) is 0 Å². The Labute approximate surface area is 49.4 Å². The molecule has 0 unspecified atom stereocenters. The molecule has 2 heteroatoms. The van der Waals surface area contributed by atoms with Gasteiger partial charge in [0.15, 0.2) is 0 Å². The summed E-state index contributed by atoms with van der Waals surface area (Å²) in [5.41, 5.74) is 0.500. The van der Waals surface area contributed by atoms with Crippen LogP contribution in [-0.4, -0.2) is 11.9 Å². The van der Waals surface area contributed by atoms with Gasteiger partial charge >= 0.3 is 0 Å². The molecule has 0 saturated carbocycles. The van der Waals surface area contributed by atoms with E-state index >= 15 is 0 Å². The summed E-state index contributed by atoms with van der Waals surface area (Å²) in [6, 6.07) is 0. The highest BCUT2D eigenvalue weighted by Gasteiger charge is 1.99. The summed E-state index contributed by atoms with van der Waals surface area (Å²) in [5, 5.41) is 7.03. The summed E-state index contributed by atoms with van der Waals surface area (Å²) in [6.45, 7) is 3.34. The number of nitrogens with one attached hydrogen (secondary N) is 1. The standard InChI is InChI=1S/C6H12FN/c1-3-6(8)4-5(2)7/h5,8H,3-4H2,1-2H3/t5-/m1/s1. The molecular formula is C6H12FN. The van der Waals surface area contributed by atoms with Gasteiger partial charge in [-0.2, -0.15) is 0 Å². The number of rotatable bonds is 3. The van der Waals surface area contributed by atoms with Gasteiger partial charge in [0.1, 0.15) is 6.17 Å². The molecule has 0 amide bonds. The normalized spacial score (nSPS) is 13.4. The van der Waals surface area contributed by atoms with Gasteiger partial charge in [0.2, 0.25) is 0 Å². The van der Waals surface area contributed by atoms with E-state index in [1.165, 1.54) is 6.92 Å². The van der Waals surface area contributed by atoms with Crippen LogP contribution >= 0.6 is 0 Å². The van der Waals surface area contributed by atoms with Crippen LogP contribution in [0.4, 0.5) is 4.39 Å². The van der Waals surface area contributed by atoms with E-state index in [2.05, 4.69) is 0 Å². The van der Waals surface area contributed by atoms with E-state index in [-0.39, 0.29) is 0 Å². The molecule has 8 heavy (non-hydrogen) atoms. The van der Waals surface area contributed by atoms with Crippen molar-refractivity contribution in [1.29, 1.82) is 5.41 Å². The minimum absolute atomic E-state index is 0.302. The lowest BCUT2D eigenvalue weighted by Gasteiger charge is -1.98. The predicted molar refractivity (Wildman–Crippen MR) is 33.2 cm³/mol. The fourth-order valence-electron chi connectivity index (χ4n) is 0.484. The molecule has 0 saturated heterocycles. The predicted octanol–water partition coefficient (Wildman–Crippen LogP) is 2.16. The number of hydrogen-bond donors (Lipinski definition) is 1. The minimum atomic E-state index is -0.845. The smallest absolute Gasteiger partial charge is 0.102 e. The number of halogens is 1. The average molecular weight is 117 g/mol. The third-order valence-corrected chi connectivity index (χ3v) is 0.954. The van der Waals surface area contributed by atoms with Crippen molar-refractivity contribution in [3.05, 3.63) is 0 Å². The maximum atomic E-state index is 12.0. The van der Waals surface area contributed by atoms with Crippen LogP contribution in [0.1, 0.15) is 26.7 Å². The van der Waals surface area contributed by atoms with Gasteiger partial charge in [0, 0.05) is 12.1 Å². The van der Waals surface area contributed by atoms with Gasteiger partial charge in [0.25, 0.3) is 0 Å². The third-order valence-electron chi connectivity index (χ3n) is 0.954. The number of alkyl halides is 1. The van der Waals surface area contributed by atoms with E-state index in [1.807, 2.05) is 6.92 Å². The van der Waals surface area contributed by atoms with E-state index in [0.29, 0.717) is 18.6 Å². The Morgan fingerprint density at radius 2 is 2.25 bits per heavy atom. The number of hydrogen-bond acceptors (Lipinski definition) is 1. The summed E-state index contributed by atoms with van der Waals surface area (Å²) in [4.78, 5) is 0. The zero-order chi connectivity index (χ0) is 6.57. The first-order valence-electron chi connectivity index (χ1n) is 2.87. The summed E-state index contributed by atoms with van der Waals surface area (Å²) < 4.78 is 12.0. The topological polar surface area (TPSA) is 23.9 Å². The van der Waals surface area contributed by atoms with Crippen LogP contribution in [-0.2, 0) is 0 Å². The van der Waals surface area contributed by atoms with E-state index in [4.69, 9.17) is 5.41 Å². The average Bonchev–Trinajstić information content (AvgIpc) is 1.65. The third kappa shape index (κ3) is 3.78. The molecule has 48 valence electrons. The fourth-order valence-corrected chi connectivity index (χ4v) is 0.484. The van der Waals surface area contributed by atoms with Crippen molar-refractivity contribution in [1.82, 2.24) is 0 Å². The Bertz CT molecular complexity index is 78.6. The van der Waals surface area contributed by atoms with Crippen LogP contribution in [0.3, 0.4) is 0 Å².